The van der Waals surface area contributed by atoms with Crippen LogP contribution in [0.5, 0.6) is 0 Å². The maximum Gasteiger partial charge on any atom is 0.251 e. The molecule has 27 heavy (non-hydrogen) atoms. The largest absolute Gasteiger partial charge is 0.378 e. The van der Waals surface area contributed by atoms with E-state index >= 15 is 0 Å². The average Bonchev–Trinajstić information content (AvgIpc) is 2.66. The zero-order valence-electron chi connectivity index (χ0n) is 17.5. The van der Waals surface area contributed by atoms with Crippen LogP contribution in [0.1, 0.15) is 50.0 Å². The van der Waals surface area contributed by atoms with E-state index in [0.717, 1.165) is 50.6 Å². The first kappa shape index (κ1) is 23.0. The summed E-state index contributed by atoms with van der Waals surface area (Å²) in [6.45, 7) is 11.5. The fraction of sp³-hybridized carbons (Fsp3) is 0.619. The minimum Gasteiger partial charge on any atom is -0.378 e. The number of carbonyl (C=O) groups is 1. The second-order valence-electron chi connectivity index (χ2n) is 6.74. The van der Waals surface area contributed by atoms with Gasteiger partial charge in [-0.25, -0.2) is 0 Å². The number of benzene rings is 1. The summed E-state index contributed by atoms with van der Waals surface area (Å²) in [5.74, 6) is 1.25. The fourth-order valence-electron chi connectivity index (χ4n) is 2.81. The number of amides is 1. The van der Waals surface area contributed by atoms with E-state index < -0.39 is 0 Å². The number of guanidine groups is 1. The highest BCUT2D eigenvalue weighted by Crippen LogP contribution is 2.10. The van der Waals surface area contributed by atoms with Gasteiger partial charge < -0.3 is 20.7 Å². The Labute approximate surface area is 164 Å². The van der Waals surface area contributed by atoms with E-state index in [9.17, 15) is 4.79 Å². The van der Waals surface area contributed by atoms with Crippen LogP contribution in [0.15, 0.2) is 29.3 Å². The second kappa shape index (κ2) is 13.1. The van der Waals surface area contributed by atoms with Crippen LogP contribution in [-0.2, 0) is 11.2 Å². The van der Waals surface area contributed by atoms with Gasteiger partial charge in [0, 0.05) is 38.9 Å². The SMILES string of the molecule is CCNC(=NCCC(OCC)C(C)C)NCCc1cccc(C(=O)NC)c1. The van der Waals surface area contributed by atoms with E-state index in [2.05, 4.69) is 41.7 Å². The van der Waals surface area contributed by atoms with Crippen LogP contribution in [0.3, 0.4) is 0 Å². The zero-order chi connectivity index (χ0) is 20.1. The third kappa shape index (κ3) is 8.91. The number of aliphatic imine (C=N–C) groups is 1. The molecule has 0 saturated carbocycles. The molecule has 1 aromatic carbocycles. The highest BCUT2D eigenvalue weighted by molar-refractivity contribution is 5.94. The van der Waals surface area contributed by atoms with Crippen LogP contribution in [-0.4, -0.2) is 51.3 Å². The Morgan fingerprint density at radius 1 is 1.22 bits per heavy atom. The maximum absolute atomic E-state index is 11.7. The van der Waals surface area contributed by atoms with Gasteiger partial charge in [-0.2, -0.15) is 0 Å². The fourth-order valence-corrected chi connectivity index (χ4v) is 2.81. The van der Waals surface area contributed by atoms with Crippen molar-refractivity contribution in [3.05, 3.63) is 35.4 Å². The molecule has 1 atom stereocenters. The van der Waals surface area contributed by atoms with Crippen molar-refractivity contribution in [2.24, 2.45) is 10.9 Å². The predicted molar refractivity (Wildman–Crippen MR) is 112 cm³/mol. The van der Waals surface area contributed by atoms with E-state index in [-0.39, 0.29) is 12.0 Å². The van der Waals surface area contributed by atoms with E-state index in [1.807, 2.05) is 31.2 Å². The van der Waals surface area contributed by atoms with Crippen molar-refractivity contribution in [2.45, 2.75) is 46.6 Å². The molecule has 0 aliphatic rings. The first-order valence-electron chi connectivity index (χ1n) is 9.96. The number of nitrogens with zero attached hydrogens (tertiary/aromatic N) is 1. The minimum atomic E-state index is -0.0614. The zero-order valence-corrected chi connectivity index (χ0v) is 17.5. The van der Waals surface area contributed by atoms with Crippen molar-refractivity contribution >= 4 is 11.9 Å². The molecule has 0 radical (unpaired) electrons. The standard InChI is InChI=1S/C21H36N4O2/c1-6-23-21(25-14-12-19(16(3)4)27-7-2)24-13-11-17-9-8-10-18(15-17)20(26)22-5/h8-10,15-16,19H,6-7,11-14H2,1-5H3,(H,22,26)(H2,23,24,25). The molecule has 0 bridgehead atoms. The first-order chi connectivity index (χ1) is 13.0. The first-order valence-corrected chi connectivity index (χ1v) is 9.96. The molecule has 0 aromatic heterocycles. The molecule has 1 aromatic rings. The van der Waals surface area contributed by atoms with Gasteiger partial charge >= 0.3 is 0 Å². The topological polar surface area (TPSA) is 74.8 Å². The molecule has 0 aliphatic heterocycles. The Morgan fingerprint density at radius 2 is 2.00 bits per heavy atom. The summed E-state index contributed by atoms with van der Waals surface area (Å²) in [5, 5.41) is 9.30. The molecular weight excluding hydrogens is 340 g/mol. The number of rotatable bonds is 11. The van der Waals surface area contributed by atoms with Crippen LogP contribution in [0.2, 0.25) is 0 Å². The van der Waals surface area contributed by atoms with Crippen LogP contribution in [0.25, 0.3) is 0 Å². The molecule has 152 valence electrons. The molecule has 0 fully saturated rings. The molecule has 1 amide bonds. The molecule has 6 nitrogen and oxygen atoms in total. The lowest BCUT2D eigenvalue weighted by Crippen LogP contribution is -2.38. The molecule has 6 heteroatoms. The van der Waals surface area contributed by atoms with Gasteiger partial charge in [-0.05, 0) is 50.3 Å². The summed E-state index contributed by atoms with van der Waals surface area (Å²) in [5.41, 5.74) is 1.81. The highest BCUT2D eigenvalue weighted by atomic mass is 16.5. The van der Waals surface area contributed by atoms with Crippen molar-refractivity contribution < 1.29 is 9.53 Å². The van der Waals surface area contributed by atoms with Crippen molar-refractivity contribution in [1.82, 2.24) is 16.0 Å². The molecule has 0 heterocycles. The number of hydrogen-bond acceptors (Lipinski definition) is 3. The van der Waals surface area contributed by atoms with Gasteiger partial charge in [0.05, 0.1) is 6.10 Å². The number of ether oxygens (including phenoxy) is 1. The maximum atomic E-state index is 11.7. The molecule has 0 saturated heterocycles. The van der Waals surface area contributed by atoms with Gasteiger partial charge in [0.25, 0.3) is 5.91 Å². The molecular formula is C21H36N4O2. The van der Waals surface area contributed by atoms with Crippen molar-refractivity contribution in [1.29, 1.82) is 0 Å². The Kier molecular flexibility index (Phi) is 11.2. The van der Waals surface area contributed by atoms with Crippen molar-refractivity contribution in [2.75, 3.05) is 33.3 Å². The third-order valence-electron chi connectivity index (χ3n) is 4.27. The smallest absolute Gasteiger partial charge is 0.251 e. The van der Waals surface area contributed by atoms with Crippen LogP contribution < -0.4 is 16.0 Å². The van der Waals surface area contributed by atoms with Crippen LogP contribution in [0.4, 0.5) is 0 Å². The van der Waals surface area contributed by atoms with Gasteiger partial charge in [0.1, 0.15) is 0 Å². The Bertz CT molecular complexity index is 587. The Morgan fingerprint density at radius 3 is 2.63 bits per heavy atom. The van der Waals surface area contributed by atoms with E-state index in [4.69, 9.17) is 4.74 Å². The Hall–Kier alpha value is -2.08. The second-order valence-corrected chi connectivity index (χ2v) is 6.74. The summed E-state index contributed by atoms with van der Waals surface area (Å²) < 4.78 is 5.78. The molecule has 1 rings (SSSR count). The quantitative estimate of drug-likeness (QED) is 0.410. The van der Waals surface area contributed by atoms with E-state index in [1.165, 1.54) is 0 Å². The van der Waals surface area contributed by atoms with E-state index in [1.54, 1.807) is 7.05 Å². The third-order valence-corrected chi connectivity index (χ3v) is 4.27. The van der Waals surface area contributed by atoms with Gasteiger partial charge in [-0.1, -0.05) is 26.0 Å². The van der Waals surface area contributed by atoms with Gasteiger partial charge in [0.2, 0.25) is 0 Å². The molecule has 1 unspecified atom stereocenters. The Balaban J connectivity index is 2.53. The highest BCUT2D eigenvalue weighted by Gasteiger charge is 2.12. The lowest BCUT2D eigenvalue weighted by Gasteiger charge is -2.20. The summed E-state index contributed by atoms with van der Waals surface area (Å²) in [6, 6.07) is 7.71. The number of hydrogen-bond donors (Lipinski definition) is 3. The molecule has 3 N–H and O–H groups in total. The summed E-state index contributed by atoms with van der Waals surface area (Å²) in [4.78, 5) is 16.4. The average molecular weight is 377 g/mol. The lowest BCUT2D eigenvalue weighted by molar-refractivity contribution is 0.0266. The van der Waals surface area contributed by atoms with Crippen molar-refractivity contribution in [3.63, 3.8) is 0 Å². The van der Waals surface area contributed by atoms with Crippen molar-refractivity contribution in [3.8, 4) is 0 Å². The lowest BCUT2D eigenvalue weighted by atomic mass is 10.0. The summed E-state index contributed by atoms with van der Waals surface area (Å²) in [6.07, 6.45) is 1.98. The monoisotopic (exact) mass is 376 g/mol. The van der Waals surface area contributed by atoms with Gasteiger partial charge in [0.15, 0.2) is 5.96 Å². The van der Waals surface area contributed by atoms with E-state index in [0.29, 0.717) is 11.5 Å². The summed E-state index contributed by atoms with van der Waals surface area (Å²) >= 11 is 0. The molecule has 0 spiro atoms. The van der Waals surface area contributed by atoms with Crippen LogP contribution in [0, 0.1) is 5.92 Å². The number of nitrogens with one attached hydrogen (secondary N) is 3. The van der Waals surface area contributed by atoms with Gasteiger partial charge in [-0.15, -0.1) is 0 Å². The minimum absolute atomic E-state index is 0.0614. The van der Waals surface area contributed by atoms with Gasteiger partial charge in [-0.3, -0.25) is 9.79 Å². The molecule has 0 aliphatic carbocycles. The van der Waals surface area contributed by atoms with Crippen LogP contribution >= 0.6 is 0 Å². The predicted octanol–water partition coefficient (Wildman–Crippen LogP) is 2.60. The normalized spacial score (nSPS) is 12.7. The summed E-state index contributed by atoms with van der Waals surface area (Å²) in [7, 11) is 1.64. The number of carbonyl (C=O) groups excluding carboxylic acids is 1.